The van der Waals surface area contributed by atoms with Crippen LogP contribution in [0.4, 0.5) is 0 Å². The molecule has 384 valence electrons. The Balaban J connectivity index is 0.924. The van der Waals surface area contributed by atoms with Gasteiger partial charge in [0.2, 0.25) is 5.91 Å². The molecule has 0 saturated carbocycles. The first kappa shape index (κ1) is 58.2. The second kappa shape index (κ2) is 42.9. The van der Waals surface area contributed by atoms with Gasteiger partial charge >= 0.3 is 0 Å². The lowest BCUT2D eigenvalue weighted by molar-refractivity contribution is -0.122. The van der Waals surface area contributed by atoms with Crippen LogP contribution in [0.5, 0.6) is 0 Å². The van der Waals surface area contributed by atoms with Crippen LogP contribution in [-0.4, -0.2) is 246 Å². The highest BCUT2D eigenvalue weighted by Crippen LogP contribution is 2.32. The van der Waals surface area contributed by atoms with E-state index >= 15 is 0 Å². The number of amides is 1. The third-order valence-corrected chi connectivity index (χ3v) is 12.4. The number of unbranched alkanes of at least 4 members (excludes halogenated alkanes) is 2. The number of rotatable bonds is 45. The summed E-state index contributed by atoms with van der Waals surface area (Å²) in [6.07, 6.45) is 12.4. The predicted molar refractivity (Wildman–Crippen MR) is 251 cm³/mol. The number of nitrogens with zero attached hydrogens (tertiary/aromatic N) is 3. The van der Waals surface area contributed by atoms with E-state index < -0.39 is 0 Å². The van der Waals surface area contributed by atoms with Crippen molar-refractivity contribution in [2.45, 2.75) is 64.2 Å². The number of nitrogens with one attached hydrogen (secondary N) is 1. The van der Waals surface area contributed by atoms with Crippen molar-refractivity contribution in [3.8, 4) is 0 Å². The SMILES string of the molecule is COCCOCCOCCOCCOCCOCCOCCOCCOCCOCCOCCOCCC(=O)NCC1CCN(CCCCCN2CCC(C3CCN(C)CC3)CC2)CC1. The minimum absolute atomic E-state index is 0.0697. The van der Waals surface area contributed by atoms with Gasteiger partial charge in [-0.05, 0) is 129 Å². The van der Waals surface area contributed by atoms with Crippen molar-refractivity contribution in [3.63, 3.8) is 0 Å². The molecule has 0 aromatic heterocycles. The summed E-state index contributed by atoms with van der Waals surface area (Å²) in [4.78, 5) is 20.2. The Hall–Kier alpha value is -1.13. The molecule has 0 atom stereocenters. The van der Waals surface area contributed by atoms with Gasteiger partial charge in [0.05, 0.1) is 152 Å². The highest BCUT2D eigenvalue weighted by atomic mass is 16.6. The van der Waals surface area contributed by atoms with Crippen molar-refractivity contribution < 1.29 is 61.6 Å². The first-order chi connectivity index (χ1) is 32.1. The molecule has 1 amide bonds. The lowest BCUT2D eigenvalue weighted by Gasteiger charge is -2.39. The van der Waals surface area contributed by atoms with E-state index in [1.54, 1.807) is 7.11 Å². The maximum atomic E-state index is 12.4. The molecule has 65 heavy (non-hydrogen) atoms. The summed E-state index contributed by atoms with van der Waals surface area (Å²) >= 11 is 0. The van der Waals surface area contributed by atoms with E-state index in [1.165, 1.54) is 97.1 Å². The van der Waals surface area contributed by atoms with Crippen LogP contribution < -0.4 is 5.32 Å². The Labute approximate surface area is 393 Å². The molecule has 3 saturated heterocycles. The molecule has 3 fully saturated rings. The average Bonchev–Trinajstić information content (AvgIpc) is 3.33. The fraction of sp³-hybridized carbons (Fsp3) is 0.979. The van der Waals surface area contributed by atoms with Gasteiger partial charge in [0.25, 0.3) is 0 Å². The van der Waals surface area contributed by atoms with Crippen LogP contribution in [0.25, 0.3) is 0 Å². The molecule has 0 aromatic carbocycles. The van der Waals surface area contributed by atoms with Gasteiger partial charge in [-0.25, -0.2) is 0 Å². The minimum atomic E-state index is 0.0697. The van der Waals surface area contributed by atoms with Crippen molar-refractivity contribution in [2.24, 2.45) is 17.8 Å². The zero-order chi connectivity index (χ0) is 45.9. The van der Waals surface area contributed by atoms with Crippen LogP contribution in [0.15, 0.2) is 0 Å². The highest BCUT2D eigenvalue weighted by Gasteiger charge is 2.28. The molecule has 0 unspecified atom stereocenters. The molecule has 0 aliphatic carbocycles. The van der Waals surface area contributed by atoms with Crippen molar-refractivity contribution >= 4 is 5.91 Å². The minimum Gasteiger partial charge on any atom is -0.382 e. The van der Waals surface area contributed by atoms with Crippen molar-refractivity contribution in [3.05, 3.63) is 0 Å². The zero-order valence-corrected chi connectivity index (χ0v) is 41.1. The van der Waals surface area contributed by atoms with Gasteiger partial charge in [0, 0.05) is 20.1 Å². The topological polar surface area (TPSA) is 150 Å². The van der Waals surface area contributed by atoms with Crippen molar-refractivity contribution in [1.29, 1.82) is 0 Å². The normalized spacial score (nSPS) is 17.7. The third-order valence-electron chi connectivity index (χ3n) is 12.4. The van der Waals surface area contributed by atoms with E-state index in [0.29, 0.717) is 164 Å². The number of hydrogen-bond donors (Lipinski definition) is 1. The Bertz CT molecular complexity index is 1040. The summed E-state index contributed by atoms with van der Waals surface area (Å²) in [5.74, 6) is 2.61. The summed E-state index contributed by atoms with van der Waals surface area (Å²) in [6, 6.07) is 0. The smallest absolute Gasteiger partial charge is 0.222 e. The molecule has 0 radical (unpaired) electrons. The first-order valence-electron chi connectivity index (χ1n) is 25.4. The Morgan fingerprint density at radius 2 is 0.723 bits per heavy atom. The van der Waals surface area contributed by atoms with E-state index in [9.17, 15) is 4.79 Å². The van der Waals surface area contributed by atoms with Crippen LogP contribution in [0.1, 0.15) is 64.2 Å². The van der Waals surface area contributed by atoms with Crippen LogP contribution in [0, 0.1) is 17.8 Å². The molecule has 3 aliphatic rings. The number of carbonyl (C=O) groups is 1. The maximum absolute atomic E-state index is 12.4. The molecule has 0 spiro atoms. The molecule has 17 heteroatoms. The van der Waals surface area contributed by atoms with E-state index in [0.717, 1.165) is 31.5 Å². The first-order valence-corrected chi connectivity index (χ1v) is 25.4. The molecule has 3 aliphatic heterocycles. The second-order valence-corrected chi connectivity index (χ2v) is 17.4. The monoisotopic (exact) mass is 935 g/mol. The molecule has 0 bridgehead atoms. The lowest BCUT2D eigenvalue weighted by Crippen LogP contribution is -2.40. The largest absolute Gasteiger partial charge is 0.382 e. The van der Waals surface area contributed by atoms with Crippen LogP contribution in [0.2, 0.25) is 0 Å². The Kier molecular flexibility index (Phi) is 38.4. The molecule has 17 nitrogen and oxygen atoms in total. The molecule has 3 rings (SSSR count). The van der Waals surface area contributed by atoms with Gasteiger partial charge in [-0.1, -0.05) is 6.42 Å². The van der Waals surface area contributed by atoms with Crippen LogP contribution in [-0.2, 0) is 61.6 Å². The predicted octanol–water partition coefficient (Wildman–Crippen LogP) is 3.26. The summed E-state index contributed by atoms with van der Waals surface area (Å²) in [5, 5.41) is 3.13. The van der Waals surface area contributed by atoms with Gasteiger partial charge in [-0.3, -0.25) is 4.79 Å². The summed E-state index contributed by atoms with van der Waals surface area (Å²) in [5.41, 5.74) is 0. The van der Waals surface area contributed by atoms with Gasteiger partial charge in [0.15, 0.2) is 0 Å². The van der Waals surface area contributed by atoms with E-state index in [-0.39, 0.29) is 5.91 Å². The average molecular weight is 935 g/mol. The summed E-state index contributed by atoms with van der Waals surface area (Å²) in [6.45, 7) is 22.6. The standard InChI is InChI=1S/C48H94N4O13/c1-50-15-8-46(9-16-50)47-10-19-52(20-11-47)14-5-3-4-13-51-17-6-45(7-18-51)44-49-48(53)12-21-55-24-25-57-28-29-59-32-33-61-36-37-63-40-41-65-43-42-64-39-38-62-35-34-60-31-30-58-27-26-56-23-22-54-2/h45-47H,3-44H2,1-2H3,(H,49,53). The van der Waals surface area contributed by atoms with Gasteiger partial charge in [-0.15, -0.1) is 0 Å². The zero-order valence-electron chi connectivity index (χ0n) is 41.1. The molecule has 3 heterocycles. The number of methoxy groups -OCH3 is 1. The Morgan fingerprint density at radius 3 is 1.08 bits per heavy atom. The van der Waals surface area contributed by atoms with E-state index in [2.05, 4.69) is 27.1 Å². The van der Waals surface area contributed by atoms with E-state index in [4.69, 9.17) is 56.8 Å². The van der Waals surface area contributed by atoms with Gasteiger partial charge in [-0.2, -0.15) is 0 Å². The fourth-order valence-electron chi connectivity index (χ4n) is 8.36. The second-order valence-electron chi connectivity index (χ2n) is 17.4. The Morgan fingerprint density at radius 1 is 0.415 bits per heavy atom. The summed E-state index contributed by atoms with van der Waals surface area (Å²) in [7, 11) is 3.92. The summed E-state index contributed by atoms with van der Waals surface area (Å²) < 4.78 is 65.4. The number of carbonyl (C=O) groups excluding carboxylic acids is 1. The molecular weight excluding hydrogens is 841 g/mol. The third kappa shape index (κ3) is 33.9. The number of ether oxygens (including phenoxy) is 12. The quantitative estimate of drug-likeness (QED) is 0.0891. The fourth-order valence-corrected chi connectivity index (χ4v) is 8.36. The molecule has 0 aromatic rings. The number of likely N-dealkylation sites (tertiary alicyclic amines) is 3. The molecule has 1 N–H and O–H groups in total. The van der Waals surface area contributed by atoms with Gasteiger partial charge < -0.3 is 76.9 Å². The van der Waals surface area contributed by atoms with Gasteiger partial charge in [0.1, 0.15) is 0 Å². The van der Waals surface area contributed by atoms with E-state index in [1.807, 2.05) is 0 Å². The van der Waals surface area contributed by atoms with Crippen molar-refractivity contribution in [1.82, 2.24) is 20.0 Å². The highest BCUT2D eigenvalue weighted by molar-refractivity contribution is 5.75. The number of piperidine rings is 3. The molecular formula is C48H94N4O13. The van der Waals surface area contributed by atoms with Crippen molar-refractivity contribution in [2.75, 3.05) is 225 Å². The number of hydrogen-bond acceptors (Lipinski definition) is 16. The van der Waals surface area contributed by atoms with Crippen LogP contribution >= 0.6 is 0 Å². The maximum Gasteiger partial charge on any atom is 0.222 e. The van der Waals surface area contributed by atoms with Crippen LogP contribution in [0.3, 0.4) is 0 Å². The lowest BCUT2D eigenvalue weighted by atomic mass is 9.79.